The second-order valence-electron chi connectivity index (χ2n) is 3.79. The first-order chi connectivity index (χ1) is 7.20. The maximum Gasteiger partial charge on any atom is 0.156 e. The third-order valence-electron chi connectivity index (χ3n) is 2.84. The van der Waals surface area contributed by atoms with Crippen LogP contribution in [-0.4, -0.2) is 13.1 Å². The molecule has 0 spiro atoms. The molecule has 1 N–H and O–H groups in total. The zero-order valence-electron chi connectivity index (χ0n) is 8.19. The smallest absolute Gasteiger partial charge is 0.156 e. The van der Waals surface area contributed by atoms with Crippen molar-refractivity contribution < 1.29 is 4.39 Å². The summed E-state index contributed by atoms with van der Waals surface area (Å²) in [7, 11) is 0. The normalized spacial score (nSPS) is 18.1. The minimum atomic E-state index is -0.340. The van der Waals surface area contributed by atoms with Crippen molar-refractivity contribution in [3.05, 3.63) is 33.0 Å². The van der Waals surface area contributed by atoms with Crippen LogP contribution in [0.25, 0.3) is 0 Å². The van der Waals surface area contributed by atoms with E-state index in [-0.39, 0.29) is 10.8 Å². The van der Waals surface area contributed by atoms with Crippen LogP contribution in [-0.2, 0) is 0 Å². The van der Waals surface area contributed by atoms with E-state index in [2.05, 4.69) is 21.2 Å². The van der Waals surface area contributed by atoms with E-state index in [4.69, 9.17) is 11.6 Å². The third-order valence-corrected chi connectivity index (χ3v) is 3.94. The Kier molecular flexibility index (Phi) is 3.65. The summed E-state index contributed by atoms with van der Waals surface area (Å²) in [6.45, 7) is 2.00. The molecule has 0 aromatic heterocycles. The van der Waals surface area contributed by atoms with Crippen molar-refractivity contribution in [2.45, 2.75) is 18.8 Å². The van der Waals surface area contributed by atoms with Gasteiger partial charge in [0.2, 0.25) is 0 Å². The fraction of sp³-hybridized carbons (Fsp3) is 0.455. The van der Waals surface area contributed by atoms with Gasteiger partial charge in [0.05, 0.1) is 9.50 Å². The van der Waals surface area contributed by atoms with E-state index < -0.39 is 0 Å². The number of benzene rings is 1. The molecule has 2 rings (SSSR count). The van der Waals surface area contributed by atoms with E-state index in [9.17, 15) is 4.39 Å². The molecule has 0 aliphatic carbocycles. The van der Waals surface area contributed by atoms with E-state index in [0.29, 0.717) is 10.4 Å². The van der Waals surface area contributed by atoms with Gasteiger partial charge < -0.3 is 5.32 Å². The van der Waals surface area contributed by atoms with Gasteiger partial charge in [-0.05, 0) is 59.4 Å². The molecule has 4 heteroatoms. The van der Waals surface area contributed by atoms with E-state index in [1.807, 2.05) is 6.07 Å². The summed E-state index contributed by atoms with van der Waals surface area (Å²) >= 11 is 8.99. The Morgan fingerprint density at radius 2 is 2.00 bits per heavy atom. The quantitative estimate of drug-likeness (QED) is 0.778. The molecule has 82 valence electrons. The van der Waals surface area contributed by atoms with Crippen LogP contribution in [0.5, 0.6) is 0 Å². The molecule has 1 heterocycles. The number of hydrogen-bond acceptors (Lipinski definition) is 1. The highest BCUT2D eigenvalue weighted by Crippen LogP contribution is 2.35. The van der Waals surface area contributed by atoms with Gasteiger partial charge in [0.1, 0.15) is 0 Å². The molecule has 15 heavy (non-hydrogen) atoms. The van der Waals surface area contributed by atoms with Crippen LogP contribution in [0.4, 0.5) is 4.39 Å². The van der Waals surface area contributed by atoms with Crippen molar-refractivity contribution in [2.24, 2.45) is 0 Å². The molecule has 0 unspecified atom stereocenters. The van der Waals surface area contributed by atoms with Gasteiger partial charge >= 0.3 is 0 Å². The first kappa shape index (κ1) is 11.4. The zero-order chi connectivity index (χ0) is 10.8. The summed E-state index contributed by atoms with van der Waals surface area (Å²) in [5, 5.41) is 3.47. The summed E-state index contributed by atoms with van der Waals surface area (Å²) in [4.78, 5) is 0. The Labute approximate surface area is 102 Å². The van der Waals surface area contributed by atoms with Gasteiger partial charge in [0, 0.05) is 0 Å². The number of hydrogen-bond donors (Lipinski definition) is 1. The van der Waals surface area contributed by atoms with Gasteiger partial charge in [0.15, 0.2) is 5.82 Å². The minimum Gasteiger partial charge on any atom is -0.317 e. The van der Waals surface area contributed by atoms with Crippen LogP contribution >= 0.6 is 27.5 Å². The molecule has 1 aromatic carbocycles. The molecule has 1 aromatic rings. The van der Waals surface area contributed by atoms with Gasteiger partial charge in [-0.25, -0.2) is 4.39 Å². The topological polar surface area (TPSA) is 12.0 Å². The summed E-state index contributed by atoms with van der Waals surface area (Å²) in [5.41, 5.74) is 1.04. The molecule has 0 atom stereocenters. The summed E-state index contributed by atoms with van der Waals surface area (Å²) < 4.78 is 14.1. The Hall–Kier alpha value is -0.120. The Morgan fingerprint density at radius 1 is 1.33 bits per heavy atom. The molecular formula is C11H12BrClFN. The predicted octanol–water partition coefficient (Wildman–Crippen LogP) is 3.71. The lowest BCUT2D eigenvalue weighted by atomic mass is 9.90. The van der Waals surface area contributed by atoms with E-state index in [1.54, 1.807) is 6.07 Å². The summed E-state index contributed by atoms with van der Waals surface area (Å²) in [6.07, 6.45) is 2.11. The van der Waals surface area contributed by atoms with Crippen molar-refractivity contribution in [1.82, 2.24) is 5.32 Å². The van der Waals surface area contributed by atoms with E-state index in [0.717, 1.165) is 31.5 Å². The van der Waals surface area contributed by atoms with Crippen molar-refractivity contribution in [1.29, 1.82) is 0 Å². The largest absolute Gasteiger partial charge is 0.317 e. The van der Waals surface area contributed by atoms with E-state index in [1.165, 1.54) is 0 Å². The number of rotatable bonds is 1. The predicted molar refractivity (Wildman–Crippen MR) is 64.0 cm³/mol. The zero-order valence-corrected chi connectivity index (χ0v) is 10.5. The fourth-order valence-corrected chi connectivity index (χ4v) is 2.93. The first-order valence-electron chi connectivity index (χ1n) is 5.04. The van der Waals surface area contributed by atoms with Crippen LogP contribution in [0.15, 0.2) is 16.6 Å². The Bertz CT molecular complexity index is 364. The average molecular weight is 293 g/mol. The highest BCUT2D eigenvalue weighted by molar-refractivity contribution is 9.10. The van der Waals surface area contributed by atoms with Gasteiger partial charge in [-0.3, -0.25) is 0 Å². The lowest BCUT2D eigenvalue weighted by molar-refractivity contribution is 0.457. The lowest BCUT2D eigenvalue weighted by Gasteiger charge is -2.24. The molecule has 0 amide bonds. The summed E-state index contributed by atoms with van der Waals surface area (Å²) in [6, 6.07) is 3.56. The van der Waals surface area contributed by atoms with Gasteiger partial charge in [-0.1, -0.05) is 17.7 Å². The van der Waals surface area contributed by atoms with Crippen molar-refractivity contribution in [2.75, 3.05) is 13.1 Å². The maximum atomic E-state index is 13.6. The molecule has 0 radical (unpaired) electrons. The number of piperidine rings is 1. The van der Waals surface area contributed by atoms with Crippen LogP contribution in [0.3, 0.4) is 0 Å². The second-order valence-corrected chi connectivity index (χ2v) is 4.99. The van der Waals surface area contributed by atoms with E-state index >= 15 is 0 Å². The highest BCUT2D eigenvalue weighted by atomic mass is 79.9. The highest BCUT2D eigenvalue weighted by Gasteiger charge is 2.20. The second kappa shape index (κ2) is 4.81. The van der Waals surface area contributed by atoms with Crippen molar-refractivity contribution >= 4 is 27.5 Å². The fourth-order valence-electron chi connectivity index (χ4n) is 1.99. The number of nitrogens with one attached hydrogen (secondary N) is 1. The third kappa shape index (κ3) is 2.35. The van der Waals surface area contributed by atoms with Crippen LogP contribution in [0.2, 0.25) is 5.02 Å². The SMILES string of the molecule is Fc1c(Cl)ccc(C2CCNCC2)c1Br. The molecule has 1 aliphatic heterocycles. The van der Waals surface area contributed by atoms with Crippen LogP contribution < -0.4 is 5.32 Å². The van der Waals surface area contributed by atoms with Crippen molar-refractivity contribution in [3.63, 3.8) is 0 Å². The Balaban J connectivity index is 2.31. The van der Waals surface area contributed by atoms with Crippen LogP contribution in [0.1, 0.15) is 24.3 Å². The number of halogens is 3. The van der Waals surface area contributed by atoms with Crippen molar-refractivity contribution in [3.8, 4) is 0 Å². The molecule has 1 fully saturated rings. The summed E-state index contributed by atoms with van der Waals surface area (Å²) in [5.74, 6) is 0.0973. The lowest BCUT2D eigenvalue weighted by Crippen LogP contribution is -2.26. The van der Waals surface area contributed by atoms with Crippen LogP contribution in [0, 0.1) is 5.82 Å². The molecular weight excluding hydrogens is 280 g/mol. The molecule has 1 nitrogen and oxygen atoms in total. The molecule has 0 saturated carbocycles. The van der Waals surface area contributed by atoms with Gasteiger partial charge in [0.25, 0.3) is 0 Å². The van der Waals surface area contributed by atoms with Gasteiger partial charge in [-0.15, -0.1) is 0 Å². The standard InChI is InChI=1S/C11H12BrClFN/c12-10-8(1-2-9(13)11(10)14)7-3-5-15-6-4-7/h1-2,7,15H,3-6H2. The first-order valence-corrected chi connectivity index (χ1v) is 6.21. The molecule has 0 bridgehead atoms. The average Bonchev–Trinajstić information content (AvgIpc) is 2.27. The monoisotopic (exact) mass is 291 g/mol. The minimum absolute atomic E-state index is 0.180. The molecule has 1 saturated heterocycles. The Morgan fingerprint density at radius 3 is 2.67 bits per heavy atom. The maximum absolute atomic E-state index is 13.6. The van der Waals surface area contributed by atoms with Gasteiger partial charge in [-0.2, -0.15) is 0 Å². The molecule has 1 aliphatic rings.